The number of piperazine rings is 1. The van der Waals surface area contributed by atoms with Gasteiger partial charge in [0, 0.05) is 44.4 Å². The lowest BCUT2D eigenvalue weighted by Crippen LogP contribution is -2.53. The van der Waals surface area contributed by atoms with E-state index in [4.69, 9.17) is 5.11 Å². The van der Waals surface area contributed by atoms with E-state index in [9.17, 15) is 9.59 Å². The molecule has 0 spiro atoms. The maximum Gasteiger partial charge on any atom is 0.304 e. The van der Waals surface area contributed by atoms with Gasteiger partial charge in [-0.1, -0.05) is 0 Å². The molecule has 0 bridgehead atoms. The summed E-state index contributed by atoms with van der Waals surface area (Å²) in [5.41, 5.74) is 0. The maximum absolute atomic E-state index is 12.1. The van der Waals surface area contributed by atoms with Crippen molar-refractivity contribution in [3.8, 4) is 0 Å². The van der Waals surface area contributed by atoms with Gasteiger partial charge in [-0.25, -0.2) is 0 Å². The van der Waals surface area contributed by atoms with Crippen LogP contribution in [0.4, 0.5) is 0 Å². The van der Waals surface area contributed by atoms with Crippen molar-refractivity contribution in [3.63, 3.8) is 0 Å². The van der Waals surface area contributed by atoms with Crippen LogP contribution in [-0.4, -0.2) is 77.2 Å². The number of rotatable bonds is 4. The Morgan fingerprint density at radius 3 is 2.56 bits per heavy atom. The Morgan fingerprint density at radius 2 is 2.00 bits per heavy atom. The molecule has 0 aromatic heterocycles. The largest absolute Gasteiger partial charge is 0.481 e. The lowest BCUT2D eigenvalue weighted by Gasteiger charge is -2.35. The molecule has 2 saturated heterocycles. The molecule has 18 heavy (non-hydrogen) atoms. The number of carbonyl (C=O) groups excluding carboxylic acids is 1. The van der Waals surface area contributed by atoms with Gasteiger partial charge in [0.25, 0.3) is 0 Å². The zero-order chi connectivity index (χ0) is 13.0. The van der Waals surface area contributed by atoms with E-state index in [0.717, 1.165) is 24.7 Å². The van der Waals surface area contributed by atoms with Crippen molar-refractivity contribution >= 4 is 23.6 Å². The third-order valence-corrected chi connectivity index (χ3v) is 4.28. The Hall–Kier alpha value is -0.790. The van der Waals surface area contributed by atoms with E-state index in [2.05, 4.69) is 10.2 Å². The van der Waals surface area contributed by atoms with Crippen molar-refractivity contribution in [2.45, 2.75) is 12.5 Å². The molecule has 2 rings (SSSR count). The number of carboxylic acid groups (broad SMARTS) is 1. The predicted octanol–water partition coefficient (Wildman–Crippen LogP) is -0.732. The Morgan fingerprint density at radius 1 is 1.28 bits per heavy atom. The fraction of sp³-hybridized carbons (Fsp3) is 0.818. The van der Waals surface area contributed by atoms with Gasteiger partial charge in [0.05, 0.1) is 12.5 Å². The molecule has 1 atom stereocenters. The van der Waals surface area contributed by atoms with Crippen LogP contribution in [0.25, 0.3) is 0 Å². The van der Waals surface area contributed by atoms with Gasteiger partial charge in [-0.2, -0.15) is 0 Å². The summed E-state index contributed by atoms with van der Waals surface area (Å²) in [5.74, 6) is 1.14. The van der Waals surface area contributed by atoms with E-state index in [-0.39, 0.29) is 18.4 Å². The van der Waals surface area contributed by atoms with Crippen molar-refractivity contribution in [1.29, 1.82) is 0 Å². The summed E-state index contributed by atoms with van der Waals surface area (Å²) in [6.07, 6.45) is 0.175. The Labute approximate surface area is 111 Å². The molecular formula is C11H19N3O3S. The summed E-state index contributed by atoms with van der Waals surface area (Å²) in [6.45, 7) is 3.55. The second-order valence-corrected chi connectivity index (χ2v) is 5.61. The van der Waals surface area contributed by atoms with Crippen LogP contribution in [0.2, 0.25) is 0 Å². The van der Waals surface area contributed by atoms with Crippen molar-refractivity contribution in [2.75, 3.05) is 44.4 Å². The average Bonchev–Trinajstić information content (AvgIpc) is 2.90. The van der Waals surface area contributed by atoms with Crippen molar-refractivity contribution < 1.29 is 14.7 Å². The van der Waals surface area contributed by atoms with Crippen LogP contribution >= 0.6 is 11.8 Å². The van der Waals surface area contributed by atoms with Crippen LogP contribution in [0, 0.1) is 0 Å². The molecule has 1 amide bonds. The summed E-state index contributed by atoms with van der Waals surface area (Å²) in [4.78, 5) is 26.6. The molecule has 0 saturated carbocycles. The number of hydrogen-bond donors (Lipinski definition) is 2. The minimum absolute atomic E-state index is 0.0273. The lowest BCUT2D eigenvalue weighted by atomic mass is 10.2. The monoisotopic (exact) mass is 273 g/mol. The quantitative estimate of drug-likeness (QED) is 0.703. The highest BCUT2D eigenvalue weighted by Crippen LogP contribution is 2.13. The molecule has 0 aliphatic carbocycles. The fourth-order valence-corrected chi connectivity index (χ4v) is 3.15. The van der Waals surface area contributed by atoms with Gasteiger partial charge < -0.3 is 10.0 Å². The number of aliphatic carboxylic acids is 1. The summed E-state index contributed by atoms with van der Waals surface area (Å²) in [6, 6.07) is -0.0273. The third-order valence-electron chi connectivity index (χ3n) is 3.34. The van der Waals surface area contributed by atoms with Crippen LogP contribution in [0.5, 0.6) is 0 Å². The van der Waals surface area contributed by atoms with E-state index in [1.165, 1.54) is 0 Å². The van der Waals surface area contributed by atoms with Crippen LogP contribution < -0.4 is 5.32 Å². The normalized spacial score (nSPS) is 25.3. The summed E-state index contributed by atoms with van der Waals surface area (Å²) >= 11 is 1.75. The van der Waals surface area contributed by atoms with Crippen LogP contribution in [0.1, 0.15) is 6.42 Å². The third kappa shape index (κ3) is 3.60. The number of thioether (sulfide) groups is 1. The first-order valence-electron chi connectivity index (χ1n) is 6.21. The molecule has 2 aliphatic heterocycles. The molecule has 2 heterocycles. The second-order valence-electron chi connectivity index (χ2n) is 4.58. The molecule has 6 nitrogen and oxygen atoms in total. The molecule has 0 radical (unpaired) electrons. The van der Waals surface area contributed by atoms with E-state index < -0.39 is 5.97 Å². The van der Waals surface area contributed by atoms with Crippen molar-refractivity contribution in [3.05, 3.63) is 0 Å². The Bertz CT molecular complexity index is 313. The maximum atomic E-state index is 12.1. The number of carbonyl (C=O) groups is 2. The minimum Gasteiger partial charge on any atom is -0.481 e. The lowest BCUT2D eigenvalue weighted by molar-refractivity contribution is -0.138. The SMILES string of the molecule is O=C(O)CCN1CCN(C(=O)C2CSCN2)CC1. The first-order valence-corrected chi connectivity index (χ1v) is 7.36. The second kappa shape index (κ2) is 6.40. The molecule has 102 valence electrons. The highest BCUT2D eigenvalue weighted by molar-refractivity contribution is 7.99. The molecule has 1 unspecified atom stereocenters. The van der Waals surface area contributed by atoms with Gasteiger partial charge in [-0.05, 0) is 0 Å². The minimum atomic E-state index is -0.763. The van der Waals surface area contributed by atoms with E-state index >= 15 is 0 Å². The smallest absolute Gasteiger partial charge is 0.304 e. The fourth-order valence-electron chi connectivity index (χ4n) is 2.22. The van der Waals surface area contributed by atoms with Crippen LogP contribution in [-0.2, 0) is 9.59 Å². The van der Waals surface area contributed by atoms with Gasteiger partial charge in [-0.3, -0.25) is 19.8 Å². The Balaban J connectivity index is 1.72. The molecule has 2 aliphatic rings. The number of nitrogens with one attached hydrogen (secondary N) is 1. The van der Waals surface area contributed by atoms with Crippen LogP contribution in [0.3, 0.4) is 0 Å². The van der Waals surface area contributed by atoms with Gasteiger partial charge in [0.1, 0.15) is 0 Å². The Kier molecular flexibility index (Phi) is 4.85. The number of nitrogens with zero attached hydrogens (tertiary/aromatic N) is 2. The summed E-state index contributed by atoms with van der Waals surface area (Å²) in [7, 11) is 0. The van der Waals surface area contributed by atoms with Gasteiger partial charge in [-0.15, -0.1) is 11.8 Å². The van der Waals surface area contributed by atoms with E-state index in [1.54, 1.807) is 11.8 Å². The van der Waals surface area contributed by atoms with Gasteiger partial charge in [0.15, 0.2) is 0 Å². The number of hydrogen-bond acceptors (Lipinski definition) is 5. The van der Waals surface area contributed by atoms with Crippen LogP contribution in [0.15, 0.2) is 0 Å². The topological polar surface area (TPSA) is 72.9 Å². The molecule has 2 N–H and O–H groups in total. The standard InChI is InChI=1S/C11H19N3O3S/c15-10(16)1-2-13-3-5-14(6-4-13)11(17)9-7-18-8-12-9/h9,12H,1-8H2,(H,15,16). The van der Waals surface area contributed by atoms with Gasteiger partial charge >= 0.3 is 5.97 Å². The van der Waals surface area contributed by atoms with Crippen molar-refractivity contribution in [1.82, 2.24) is 15.1 Å². The summed E-state index contributed by atoms with van der Waals surface area (Å²) < 4.78 is 0. The first kappa shape index (κ1) is 13.6. The number of carboxylic acids is 1. The molecule has 0 aromatic carbocycles. The molecular weight excluding hydrogens is 254 g/mol. The van der Waals surface area contributed by atoms with E-state index in [1.807, 2.05) is 4.90 Å². The zero-order valence-electron chi connectivity index (χ0n) is 10.3. The van der Waals surface area contributed by atoms with Gasteiger partial charge in [0.2, 0.25) is 5.91 Å². The average molecular weight is 273 g/mol. The highest BCUT2D eigenvalue weighted by atomic mass is 32.2. The predicted molar refractivity (Wildman–Crippen MR) is 69.5 cm³/mol. The highest BCUT2D eigenvalue weighted by Gasteiger charge is 2.29. The molecule has 7 heteroatoms. The number of amides is 1. The zero-order valence-corrected chi connectivity index (χ0v) is 11.1. The van der Waals surface area contributed by atoms with E-state index in [0.29, 0.717) is 19.6 Å². The summed E-state index contributed by atoms with van der Waals surface area (Å²) in [5, 5.41) is 11.8. The molecule has 2 fully saturated rings. The van der Waals surface area contributed by atoms with Crippen molar-refractivity contribution in [2.24, 2.45) is 0 Å². The first-order chi connectivity index (χ1) is 8.66. The molecule has 0 aromatic rings.